The van der Waals surface area contributed by atoms with Crippen LogP contribution in [0.5, 0.6) is 0 Å². The Hall–Kier alpha value is -2.97. The van der Waals surface area contributed by atoms with Gasteiger partial charge in [0.05, 0.1) is 17.1 Å². The minimum atomic E-state index is -0.208. The van der Waals surface area contributed by atoms with E-state index in [9.17, 15) is 9.59 Å². The molecule has 0 radical (unpaired) electrons. The van der Waals surface area contributed by atoms with Gasteiger partial charge in [0.25, 0.3) is 17.2 Å². The molecule has 3 aromatic heterocycles. The zero-order valence-electron chi connectivity index (χ0n) is 17.3. The van der Waals surface area contributed by atoms with Crippen LogP contribution in [0.3, 0.4) is 0 Å². The molecule has 3 heterocycles. The van der Waals surface area contributed by atoms with Gasteiger partial charge in [-0.1, -0.05) is 43.1 Å². The smallest absolute Gasteiger partial charge is 0.272 e. The summed E-state index contributed by atoms with van der Waals surface area (Å²) < 4.78 is 1.32. The van der Waals surface area contributed by atoms with Crippen molar-refractivity contribution in [1.29, 1.82) is 0 Å². The Bertz CT molecular complexity index is 1260. The number of carbonyl (C=O) groups excluding carboxylic acids is 1. The van der Waals surface area contributed by atoms with Crippen LogP contribution in [-0.2, 0) is 13.0 Å². The molecule has 160 valence electrons. The van der Waals surface area contributed by atoms with Gasteiger partial charge in [0, 0.05) is 10.6 Å². The van der Waals surface area contributed by atoms with Crippen molar-refractivity contribution in [3.05, 3.63) is 78.9 Å². The number of nitrogens with one attached hydrogen (secondary N) is 1. The number of aromatic amines is 1. The summed E-state index contributed by atoms with van der Waals surface area (Å²) in [6, 6.07) is 10.9. The molecule has 4 rings (SSSR count). The molecule has 0 aliphatic rings. The van der Waals surface area contributed by atoms with Crippen molar-refractivity contribution in [1.82, 2.24) is 19.6 Å². The fourth-order valence-corrected chi connectivity index (χ4v) is 4.15. The number of aryl methyl sites for hydroxylation is 1. The minimum Gasteiger partial charge on any atom is -0.272 e. The van der Waals surface area contributed by atoms with Crippen molar-refractivity contribution >= 4 is 40.6 Å². The first-order valence-corrected chi connectivity index (χ1v) is 11.3. The van der Waals surface area contributed by atoms with Crippen LogP contribution in [0.15, 0.2) is 46.6 Å². The normalized spacial score (nSPS) is 11.2. The summed E-state index contributed by atoms with van der Waals surface area (Å²) in [4.78, 5) is 37.4. The lowest BCUT2D eigenvalue weighted by molar-refractivity contribution is 0.0987. The number of fused-ring (bicyclic) bond motifs is 1. The molecule has 1 aromatic carbocycles. The van der Waals surface area contributed by atoms with Crippen molar-refractivity contribution in [2.24, 2.45) is 0 Å². The molecule has 0 bridgehead atoms. The lowest BCUT2D eigenvalue weighted by Crippen LogP contribution is -2.31. The molecule has 0 unspecified atom stereocenters. The van der Waals surface area contributed by atoms with E-state index >= 15 is 0 Å². The molecule has 4 aromatic rings. The molecule has 1 N–H and O–H groups in total. The number of amides is 1. The highest BCUT2D eigenvalue weighted by atomic mass is 35.5. The third-order valence-corrected chi connectivity index (χ3v) is 6.16. The Balaban J connectivity index is 1.78. The highest BCUT2D eigenvalue weighted by Gasteiger charge is 2.24. The third-order valence-electron chi connectivity index (χ3n) is 5.05. The molecular weight excluding hydrogens is 434 g/mol. The second kappa shape index (κ2) is 9.03. The largest absolute Gasteiger partial charge is 0.277 e. The number of aromatic nitrogens is 4. The van der Waals surface area contributed by atoms with Gasteiger partial charge in [-0.05, 0) is 48.9 Å². The number of halogens is 1. The van der Waals surface area contributed by atoms with Gasteiger partial charge in [-0.3, -0.25) is 19.6 Å². The van der Waals surface area contributed by atoms with Gasteiger partial charge in [0.1, 0.15) is 0 Å². The van der Waals surface area contributed by atoms with Crippen LogP contribution in [-0.4, -0.2) is 25.5 Å². The topological polar surface area (TPSA) is 83.4 Å². The van der Waals surface area contributed by atoms with Gasteiger partial charge >= 0.3 is 0 Å². The Morgan fingerprint density at radius 2 is 2.00 bits per heavy atom. The van der Waals surface area contributed by atoms with Crippen LogP contribution in [0.2, 0.25) is 5.02 Å². The number of H-pyrrole nitrogens is 1. The van der Waals surface area contributed by atoms with Crippen molar-refractivity contribution in [3.8, 4) is 0 Å². The number of anilines is 1. The van der Waals surface area contributed by atoms with Crippen molar-refractivity contribution in [2.75, 3.05) is 4.90 Å². The highest BCUT2D eigenvalue weighted by Crippen LogP contribution is 2.21. The SMILES string of the molecule is CCCCc1c(C)nc2nc(N(Cc3ccc(Cl)cc3)C(=O)c3cccs3)[nH]n2c1=O. The molecule has 9 heteroatoms. The number of thiophene rings is 1. The maximum Gasteiger partial charge on any atom is 0.277 e. The van der Waals surface area contributed by atoms with Crippen molar-refractivity contribution in [2.45, 2.75) is 39.7 Å². The van der Waals surface area contributed by atoms with Crippen LogP contribution >= 0.6 is 22.9 Å². The van der Waals surface area contributed by atoms with Crippen LogP contribution in [0, 0.1) is 6.92 Å². The predicted molar refractivity (Wildman–Crippen MR) is 123 cm³/mol. The lowest BCUT2D eigenvalue weighted by atomic mass is 10.1. The summed E-state index contributed by atoms with van der Waals surface area (Å²) >= 11 is 7.35. The fraction of sp³-hybridized carbons (Fsp3) is 0.273. The van der Waals surface area contributed by atoms with Gasteiger partial charge in [-0.2, -0.15) is 9.50 Å². The summed E-state index contributed by atoms with van der Waals surface area (Å²) in [6.07, 6.45) is 2.55. The van der Waals surface area contributed by atoms with E-state index in [-0.39, 0.29) is 29.7 Å². The number of nitrogens with zero attached hydrogens (tertiary/aromatic N) is 4. The molecule has 0 fully saturated rings. The second-order valence-corrected chi connectivity index (χ2v) is 8.65. The summed E-state index contributed by atoms with van der Waals surface area (Å²) in [5.74, 6) is 0.308. The van der Waals surface area contributed by atoms with Gasteiger partial charge in [-0.25, -0.2) is 4.98 Å². The van der Waals surface area contributed by atoms with Crippen molar-refractivity contribution in [3.63, 3.8) is 0 Å². The summed E-state index contributed by atoms with van der Waals surface area (Å²) in [7, 11) is 0. The number of rotatable bonds is 7. The van der Waals surface area contributed by atoms with Crippen LogP contribution < -0.4 is 10.5 Å². The van der Waals surface area contributed by atoms with Gasteiger partial charge in [0.2, 0.25) is 5.95 Å². The molecule has 1 amide bonds. The Morgan fingerprint density at radius 3 is 2.68 bits per heavy atom. The monoisotopic (exact) mass is 455 g/mol. The predicted octanol–water partition coefficient (Wildman–Crippen LogP) is 4.63. The molecule has 0 aliphatic carbocycles. The standard InChI is InChI=1S/C22H22ClN5O2S/c1-3-4-6-17-14(2)24-21-25-22(26-28(21)19(17)29)27(20(30)18-7-5-12-31-18)13-15-8-10-16(23)11-9-15/h5,7-12H,3-4,6,13H2,1-2H3,(H,24,25,26). The number of carbonyl (C=O) groups is 1. The molecule has 0 saturated carbocycles. The summed E-state index contributed by atoms with van der Waals surface area (Å²) in [5, 5.41) is 5.47. The van der Waals surface area contributed by atoms with E-state index in [0.29, 0.717) is 27.6 Å². The summed E-state index contributed by atoms with van der Waals surface area (Å²) in [5.41, 5.74) is 2.05. The number of hydrogen-bond donors (Lipinski definition) is 1. The van der Waals surface area contributed by atoms with E-state index in [1.165, 1.54) is 20.8 Å². The maximum atomic E-state index is 13.3. The van der Waals surface area contributed by atoms with E-state index in [4.69, 9.17) is 11.6 Å². The number of benzene rings is 1. The molecule has 7 nitrogen and oxygen atoms in total. The molecule has 0 spiro atoms. The van der Waals surface area contributed by atoms with E-state index < -0.39 is 0 Å². The molecule has 0 atom stereocenters. The van der Waals surface area contributed by atoms with Crippen LogP contribution in [0.25, 0.3) is 5.78 Å². The number of hydrogen-bond acceptors (Lipinski definition) is 5. The Kier molecular flexibility index (Phi) is 6.20. The van der Waals surface area contributed by atoms with Crippen LogP contribution in [0.1, 0.15) is 46.3 Å². The lowest BCUT2D eigenvalue weighted by Gasteiger charge is -2.19. The third kappa shape index (κ3) is 4.40. The quantitative estimate of drug-likeness (QED) is 0.440. The molecular formula is C22H22ClN5O2S. The average Bonchev–Trinajstić information content (AvgIpc) is 3.43. The van der Waals surface area contributed by atoms with Crippen LogP contribution in [0.4, 0.5) is 5.95 Å². The average molecular weight is 456 g/mol. The zero-order valence-corrected chi connectivity index (χ0v) is 18.8. The van der Waals surface area contributed by atoms with Gasteiger partial charge in [0.15, 0.2) is 0 Å². The Morgan fingerprint density at radius 1 is 1.23 bits per heavy atom. The molecule has 31 heavy (non-hydrogen) atoms. The highest BCUT2D eigenvalue weighted by molar-refractivity contribution is 7.12. The first-order valence-electron chi connectivity index (χ1n) is 10.1. The number of unbranched alkanes of at least 4 members (excludes halogenated alkanes) is 1. The van der Waals surface area contributed by atoms with Crippen molar-refractivity contribution < 1.29 is 4.79 Å². The van der Waals surface area contributed by atoms with E-state index in [1.807, 2.05) is 30.5 Å². The Labute approximate surface area is 188 Å². The van der Waals surface area contributed by atoms with E-state index in [2.05, 4.69) is 22.0 Å². The first-order chi connectivity index (χ1) is 15.0. The van der Waals surface area contributed by atoms with E-state index in [1.54, 1.807) is 18.2 Å². The molecule has 0 aliphatic heterocycles. The molecule has 0 saturated heterocycles. The zero-order chi connectivity index (χ0) is 22.0. The maximum absolute atomic E-state index is 13.3. The van der Waals surface area contributed by atoms with Gasteiger partial charge in [-0.15, -0.1) is 11.3 Å². The first kappa shape index (κ1) is 21.3. The van der Waals surface area contributed by atoms with Gasteiger partial charge < -0.3 is 0 Å². The minimum absolute atomic E-state index is 0.176. The summed E-state index contributed by atoms with van der Waals surface area (Å²) in [6.45, 7) is 4.17. The second-order valence-electron chi connectivity index (χ2n) is 7.26. The fourth-order valence-electron chi connectivity index (χ4n) is 3.35. The van der Waals surface area contributed by atoms with E-state index in [0.717, 1.165) is 18.4 Å².